The van der Waals surface area contributed by atoms with E-state index in [1.54, 1.807) is 0 Å². The molecule has 0 radical (unpaired) electrons. The first kappa shape index (κ1) is 12.3. The highest BCUT2D eigenvalue weighted by atomic mass is 35.7. The van der Waals surface area contributed by atoms with Gasteiger partial charge in [-0.25, -0.2) is 8.42 Å². The van der Waals surface area contributed by atoms with E-state index in [2.05, 4.69) is 0 Å². The van der Waals surface area contributed by atoms with E-state index in [1.807, 2.05) is 20.8 Å². The zero-order valence-corrected chi connectivity index (χ0v) is 10.4. The quantitative estimate of drug-likeness (QED) is 0.710. The van der Waals surface area contributed by atoms with Crippen molar-refractivity contribution < 1.29 is 13.2 Å². The molecule has 0 aromatic carbocycles. The molecule has 1 aliphatic carbocycles. The van der Waals surface area contributed by atoms with E-state index in [0.29, 0.717) is 0 Å². The van der Waals surface area contributed by atoms with Gasteiger partial charge in [0.25, 0.3) is 0 Å². The predicted molar refractivity (Wildman–Crippen MR) is 57.0 cm³/mol. The molecular weight excluding hydrogens is 224 g/mol. The van der Waals surface area contributed by atoms with Gasteiger partial charge >= 0.3 is 0 Å². The van der Waals surface area contributed by atoms with Gasteiger partial charge < -0.3 is 4.74 Å². The molecule has 0 heterocycles. The fourth-order valence-electron chi connectivity index (χ4n) is 1.69. The molecule has 0 spiro atoms. The van der Waals surface area contributed by atoms with Crippen LogP contribution in [0.4, 0.5) is 0 Å². The number of hydrogen-bond acceptors (Lipinski definition) is 3. The molecule has 0 unspecified atom stereocenters. The minimum absolute atomic E-state index is 0.0819. The number of ether oxygens (including phenoxy) is 1. The molecule has 0 amide bonds. The van der Waals surface area contributed by atoms with Gasteiger partial charge in [-0.1, -0.05) is 0 Å². The van der Waals surface area contributed by atoms with Gasteiger partial charge in [0.15, 0.2) is 0 Å². The molecule has 1 rings (SSSR count). The minimum Gasteiger partial charge on any atom is -0.373 e. The summed E-state index contributed by atoms with van der Waals surface area (Å²) in [4.78, 5) is 0. The average Bonchev–Trinajstić information content (AvgIpc) is 1.75. The summed E-state index contributed by atoms with van der Waals surface area (Å²) in [6.45, 7) is 6.00. The highest BCUT2D eigenvalue weighted by Gasteiger charge is 2.35. The predicted octanol–water partition coefficient (Wildman–Crippen LogP) is 2.15. The molecule has 0 aromatic heterocycles. The molecule has 0 atom stereocenters. The Labute approximate surface area is 90.2 Å². The standard InChI is InChI=1S/C9H17ClO3S/c1-9(2,3)13-8-4-7(5-8)6-14(10,11)12/h7-8H,4-6H2,1-3H3. The first-order chi connectivity index (χ1) is 6.16. The normalized spacial score (nSPS) is 28.6. The summed E-state index contributed by atoms with van der Waals surface area (Å²) in [5.41, 5.74) is -0.143. The summed E-state index contributed by atoms with van der Waals surface area (Å²) in [6, 6.07) is 0. The molecule has 14 heavy (non-hydrogen) atoms. The molecule has 0 aliphatic heterocycles. The molecule has 0 N–H and O–H groups in total. The van der Waals surface area contributed by atoms with Crippen molar-refractivity contribution in [2.24, 2.45) is 5.92 Å². The zero-order valence-electron chi connectivity index (χ0n) is 8.79. The van der Waals surface area contributed by atoms with Crippen LogP contribution in [0.2, 0.25) is 0 Å². The van der Waals surface area contributed by atoms with Crippen molar-refractivity contribution in [3.63, 3.8) is 0 Å². The van der Waals surface area contributed by atoms with Crippen LogP contribution in [-0.2, 0) is 13.8 Å². The molecule has 84 valence electrons. The SMILES string of the molecule is CC(C)(C)OC1CC(CS(=O)(=O)Cl)C1. The fraction of sp³-hybridized carbons (Fsp3) is 1.00. The molecule has 0 aromatic rings. The molecular formula is C9H17ClO3S. The van der Waals surface area contributed by atoms with Crippen molar-refractivity contribution in [3.8, 4) is 0 Å². The molecule has 1 saturated carbocycles. The average molecular weight is 241 g/mol. The lowest BCUT2D eigenvalue weighted by atomic mass is 9.83. The Balaban J connectivity index is 2.25. The van der Waals surface area contributed by atoms with Gasteiger partial charge in [0.05, 0.1) is 17.5 Å². The molecule has 0 saturated heterocycles. The van der Waals surface area contributed by atoms with E-state index in [-0.39, 0.29) is 23.4 Å². The van der Waals surface area contributed by atoms with Crippen molar-refractivity contribution in [3.05, 3.63) is 0 Å². The van der Waals surface area contributed by atoms with Crippen LogP contribution < -0.4 is 0 Å². The lowest BCUT2D eigenvalue weighted by molar-refractivity contribution is -0.108. The Morgan fingerprint density at radius 2 is 1.86 bits per heavy atom. The first-order valence-corrected chi connectivity index (χ1v) is 7.24. The van der Waals surface area contributed by atoms with Gasteiger partial charge in [0.1, 0.15) is 0 Å². The third-order valence-corrected chi connectivity index (χ3v) is 3.39. The number of rotatable bonds is 3. The summed E-state index contributed by atoms with van der Waals surface area (Å²) in [5.74, 6) is 0.267. The van der Waals surface area contributed by atoms with Crippen molar-refractivity contribution >= 4 is 19.7 Å². The van der Waals surface area contributed by atoms with Crippen LogP contribution in [0.25, 0.3) is 0 Å². The Hall–Kier alpha value is 0.200. The summed E-state index contributed by atoms with van der Waals surface area (Å²) in [6.07, 6.45) is 1.82. The molecule has 1 aliphatic rings. The second-order valence-electron chi connectivity index (χ2n) is 4.90. The summed E-state index contributed by atoms with van der Waals surface area (Å²) < 4.78 is 27.2. The van der Waals surface area contributed by atoms with E-state index in [9.17, 15) is 8.42 Å². The van der Waals surface area contributed by atoms with Crippen LogP contribution in [0.5, 0.6) is 0 Å². The molecule has 0 bridgehead atoms. The minimum atomic E-state index is -3.33. The maximum absolute atomic E-state index is 10.8. The van der Waals surface area contributed by atoms with E-state index < -0.39 is 9.05 Å². The maximum atomic E-state index is 10.8. The van der Waals surface area contributed by atoms with Gasteiger partial charge in [0, 0.05) is 10.7 Å². The fourth-order valence-corrected chi connectivity index (χ4v) is 3.06. The van der Waals surface area contributed by atoms with Crippen LogP contribution >= 0.6 is 10.7 Å². The van der Waals surface area contributed by atoms with Crippen LogP contribution in [0.1, 0.15) is 33.6 Å². The Kier molecular flexibility index (Phi) is 3.49. The lowest BCUT2D eigenvalue weighted by Crippen LogP contribution is -2.39. The van der Waals surface area contributed by atoms with Crippen LogP contribution in [0.3, 0.4) is 0 Å². The summed E-state index contributed by atoms with van der Waals surface area (Å²) in [5, 5.41) is 0. The van der Waals surface area contributed by atoms with Crippen molar-refractivity contribution in [2.75, 3.05) is 5.75 Å². The second kappa shape index (κ2) is 3.99. The smallest absolute Gasteiger partial charge is 0.232 e. The largest absolute Gasteiger partial charge is 0.373 e. The van der Waals surface area contributed by atoms with Gasteiger partial charge in [0.2, 0.25) is 9.05 Å². The van der Waals surface area contributed by atoms with E-state index >= 15 is 0 Å². The first-order valence-electron chi connectivity index (χ1n) is 4.76. The molecule has 3 nitrogen and oxygen atoms in total. The Morgan fingerprint density at radius 3 is 2.21 bits per heavy atom. The van der Waals surface area contributed by atoms with Gasteiger partial charge in [-0.2, -0.15) is 0 Å². The Morgan fingerprint density at radius 1 is 1.36 bits per heavy atom. The summed E-state index contributed by atoms with van der Waals surface area (Å²) >= 11 is 0. The Bertz CT molecular complexity index is 286. The van der Waals surface area contributed by atoms with E-state index in [0.717, 1.165) is 12.8 Å². The zero-order chi connectivity index (χ0) is 11.0. The number of hydrogen-bond donors (Lipinski definition) is 0. The van der Waals surface area contributed by atoms with Gasteiger partial charge in [-0.05, 0) is 39.5 Å². The van der Waals surface area contributed by atoms with Crippen LogP contribution in [0.15, 0.2) is 0 Å². The van der Waals surface area contributed by atoms with E-state index in [1.165, 1.54) is 0 Å². The monoisotopic (exact) mass is 240 g/mol. The van der Waals surface area contributed by atoms with Gasteiger partial charge in [-0.3, -0.25) is 0 Å². The topological polar surface area (TPSA) is 43.4 Å². The third-order valence-electron chi connectivity index (χ3n) is 2.15. The van der Waals surface area contributed by atoms with Crippen LogP contribution in [-0.4, -0.2) is 25.9 Å². The summed E-state index contributed by atoms with van der Waals surface area (Å²) in [7, 11) is 1.82. The molecule has 5 heteroatoms. The van der Waals surface area contributed by atoms with Gasteiger partial charge in [-0.15, -0.1) is 0 Å². The van der Waals surface area contributed by atoms with Crippen molar-refractivity contribution in [1.82, 2.24) is 0 Å². The van der Waals surface area contributed by atoms with E-state index in [4.69, 9.17) is 15.4 Å². The third kappa shape index (κ3) is 4.62. The number of halogens is 1. The molecule has 1 fully saturated rings. The highest BCUT2D eigenvalue weighted by molar-refractivity contribution is 8.13. The maximum Gasteiger partial charge on any atom is 0.232 e. The highest BCUT2D eigenvalue weighted by Crippen LogP contribution is 2.34. The second-order valence-corrected chi connectivity index (χ2v) is 7.72. The van der Waals surface area contributed by atoms with Crippen LogP contribution in [0, 0.1) is 5.92 Å². The lowest BCUT2D eigenvalue weighted by Gasteiger charge is -2.38. The van der Waals surface area contributed by atoms with Crippen molar-refractivity contribution in [1.29, 1.82) is 0 Å². The van der Waals surface area contributed by atoms with Crippen molar-refractivity contribution in [2.45, 2.75) is 45.3 Å².